The molecule has 0 radical (unpaired) electrons. The maximum Gasteiger partial charge on any atom is 0.417 e. The van der Waals surface area contributed by atoms with Crippen LogP contribution in [0.3, 0.4) is 0 Å². The molecule has 0 bridgehead atoms. The largest absolute Gasteiger partial charge is 0.417 e. The van der Waals surface area contributed by atoms with Crippen LogP contribution in [0.4, 0.5) is 26.3 Å². The fourth-order valence-corrected chi connectivity index (χ4v) is 5.43. The number of nitrogens with zero attached hydrogens (tertiary/aromatic N) is 1. The van der Waals surface area contributed by atoms with Crippen LogP contribution in [0.2, 0.25) is 0 Å². The zero-order chi connectivity index (χ0) is 25.4. The second-order valence-corrected chi connectivity index (χ2v) is 9.55. The van der Waals surface area contributed by atoms with Gasteiger partial charge in [-0.25, -0.2) is 0 Å². The zero-order valence-electron chi connectivity index (χ0n) is 18.8. The van der Waals surface area contributed by atoms with Gasteiger partial charge < -0.3 is 10.1 Å². The average molecular weight is 519 g/mol. The van der Waals surface area contributed by atoms with E-state index in [-0.39, 0.29) is 19.3 Å². The molecular weight excluding hydrogens is 494 g/mol. The molecule has 4 nitrogen and oxygen atoms in total. The lowest BCUT2D eigenvalue weighted by atomic mass is 9.81. The summed E-state index contributed by atoms with van der Waals surface area (Å²) in [7, 11) is 0. The Morgan fingerprint density at radius 3 is 2.14 bits per heavy atom. The predicted molar refractivity (Wildman–Crippen MR) is 119 cm³/mol. The van der Waals surface area contributed by atoms with Crippen LogP contribution < -0.4 is 5.32 Å². The molecule has 2 aliphatic heterocycles. The van der Waals surface area contributed by atoms with Crippen molar-refractivity contribution in [1.82, 2.24) is 10.2 Å². The number of rotatable bonds is 6. The molecule has 1 atom stereocenters. The minimum Gasteiger partial charge on any atom is -0.377 e. The number of hydrogen-bond acceptors (Lipinski definition) is 4. The topological polar surface area (TPSA) is 41.6 Å². The number of carbonyl (C=O) groups is 1. The molecule has 0 aliphatic carbocycles. The maximum absolute atomic E-state index is 13.9. The van der Waals surface area contributed by atoms with E-state index >= 15 is 0 Å². The molecule has 190 valence electrons. The molecule has 35 heavy (non-hydrogen) atoms. The van der Waals surface area contributed by atoms with E-state index in [1.165, 1.54) is 6.26 Å². The number of ether oxygens (including phenoxy) is 1. The summed E-state index contributed by atoms with van der Waals surface area (Å²) < 4.78 is 87.3. The van der Waals surface area contributed by atoms with Gasteiger partial charge in [-0.1, -0.05) is 30.3 Å². The van der Waals surface area contributed by atoms with Crippen molar-refractivity contribution in [2.75, 3.05) is 32.6 Å². The summed E-state index contributed by atoms with van der Waals surface area (Å²) in [5.41, 5.74) is -3.84. The summed E-state index contributed by atoms with van der Waals surface area (Å²) in [4.78, 5) is 15.3. The van der Waals surface area contributed by atoms with Gasteiger partial charge in [0.05, 0.1) is 41.5 Å². The lowest BCUT2D eigenvalue weighted by Gasteiger charge is -2.53. The molecule has 1 amide bonds. The fourth-order valence-electron chi connectivity index (χ4n) is 4.78. The van der Waals surface area contributed by atoms with Crippen LogP contribution in [0.5, 0.6) is 0 Å². The Hall–Kier alpha value is -2.24. The van der Waals surface area contributed by atoms with Crippen LogP contribution >= 0.6 is 11.8 Å². The molecule has 1 unspecified atom stereocenters. The highest BCUT2D eigenvalue weighted by Gasteiger charge is 2.52. The first-order valence-electron chi connectivity index (χ1n) is 11.0. The monoisotopic (exact) mass is 518 g/mol. The van der Waals surface area contributed by atoms with Gasteiger partial charge in [-0.05, 0) is 49.9 Å². The predicted octanol–water partition coefficient (Wildman–Crippen LogP) is 5.78. The molecule has 11 heteroatoms. The molecule has 2 aliphatic rings. The first-order valence-corrected chi connectivity index (χ1v) is 12.2. The minimum atomic E-state index is -5.16. The number of carbonyl (C=O) groups excluding carboxylic acids is 1. The number of halogens is 6. The van der Waals surface area contributed by atoms with Gasteiger partial charge in [0.2, 0.25) is 0 Å². The highest BCUT2D eigenvalue weighted by molar-refractivity contribution is 7.98. The molecule has 2 aromatic carbocycles. The highest BCUT2D eigenvalue weighted by Crippen LogP contribution is 2.43. The molecule has 2 fully saturated rings. The lowest BCUT2D eigenvalue weighted by Crippen LogP contribution is -2.67. The summed E-state index contributed by atoms with van der Waals surface area (Å²) in [6, 6.07) is 8.73. The Morgan fingerprint density at radius 1 is 1.03 bits per heavy atom. The number of amides is 1. The summed E-state index contributed by atoms with van der Waals surface area (Å²) in [6.07, 6.45) is -6.91. The van der Waals surface area contributed by atoms with Crippen molar-refractivity contribution in [1.29, 1.82) is 0 Å². The summed E-state index contributed by atoms with van der Waals surface area (Å²) >= 11 is 0.664. The Bertz CT molecular complexity index is 1060. The first kappa shape index (κ1) is 25.8. The summed E-state index contributed by atoms with van der Waals surface area (Å²) in [5.74, 6) is -1.07. The van der Waals surface area contributed by atoms with E-state index in [2.05, 4.69) is 10.2 Å². The van der Waals surface area contributed by atoms with E-state index in [4.69, 9.17) is 4.74 Å². The molecule has 2 saturated heterocycles. The van der Waals surface area contributed by atoms with Crippen LogP contribution in [0.1, 0.15) is 45.9 Å². The number of benzene rings is 2. The molecular formula is C24H24F6N2O2S. The number of likely N-dealkylation sites (tertiary alicyclic amines) is 1. The van der Waals surface area contributed by atoms with Crippen LogP contribution in [-0.2, 0) is 17.1 Å². The van der Waals surface area contributed by atoms with Crippen LogP contribution in [-0.4, -0.2) is 48.9 Å². The third-order valence-electron chi connectivity index (χ3n) is 6.57. The van der Waals surface area contributed by atoms with Crippen molar-refractivity contribution in [2.24, 2.45) is 0 Å². The molecule has 0 spiro atoms. The molecule has 2 heterocycles. The second-order valence-electron chi connectivity index (χ2n) is 8.70. The quantitative estimate of drug-likeness (QED) is 0.389. The van der Waals surface area contributed by atoms with Crippen molar-refractivity contribution < 1.29 is 35.9 Å². The van der Waals surface area contributed by atoms with E-state index in [9.17, 15) is 31.1 Å². The molecule has 4 rings (SSSR count). The van der Waals surface area contributed by atoms with Gasteiger partial charge in [0.25, 0.3) is 5.91 Å². The van der Waals surface area contributed by atoms with Gasteiger partial charge in [-0.2, -0.15) is 26.3 Å². The van der Waals surface area contributed by atoms with Crippen LogP contribution in [0.15, 0.2) is 47.4 Å². The van der Waals surface area contributed by atoms with Crippen molar-refractivity contribution in [3.05, 3.63) is 64.7 Å². The maximum atomic E-state index is 13.9. The van der Waals surface area contributed by atoms with Gasteiger partial charge in [0, 0.05) is 4.90 Å². The number of alkyl halides is 6. The molecule has 0 aromatic heterocycles. The first-order chi connectivity index (χ1) is 16.5. The van der Waals surface area contributed by atoms with Crippen LogP contribution in [0, 0.1) is 0 Å². The SMILES string of the molecule is CSc1cc(C(F)(F)F)cc(C(F)(F)F)c1C(=O)NC(c1ccccc1)C1(N2CCCC2)COC1. The van der Waals surface area contributed by atoms with E-state index in [0.29, 0.717) is 23.4 Å². The summed E-state index contributed by atoms with van der Waals surface area (Å²) in [5, 5.41) is 2.76. The second kappa shape index (κ2) is 9.67. The van der Waals surface area contributed by atoms with Gasteiger partial charge in [0.15, 0.2) is 0 Å². The third-order valence-corrected chi connectivity index (χ3v) is 7.33. The number of hydrogen-bond donors (Lipinski definition) is 1. The van der Waals surface area contributed by atoms with Gasteiger partial charge in [-0.3, -0.25) is 9.69 Å². The van der Waals surface area contributed by atoms with Crippen molar-refractivity contribution in [3.63, 3.8) is 0 Å². The highest BCUT2D eigenvalue weighted by atomic mass is 32.2. The van der Waals surface area contributed by atoms with Gasteiger partial charge in [-0.15, -0.1) is 11.8 Å². The summed E-state index contributed by atoms with van der Waals surface area (Å²) in [6.45, 7) is 2.07. The Labute approximate surface area is 203 Å². The standard InChI is InChI=1S/C24H24F6N2O2S/c1-35-18-12-16(23(25,26)27)11-17(24(28,29)30)19(18)21(33)31-20(15-7-3-2-4-8-15)22(13-34-14-22)32-9-5-6-10-32/h2-4,7-8,11-12,20H,5-6,9-10,13-14H2,1H3,(H,31,33). The zero-order valence-corrected chi connectivity index (χ0v) is 19.6. The molecule has 0 saturated carbocycles. The van der Waals surface area contributed by atoms with Gasteiger partial charge in [0.1, 0.15) is 0 Å². The van der Waals surface area contributed by atoms with E-state index in [1.54, 1.807) is 30.3 Å². The van der Waals surface area contributed by atoms with E-state index in [0.717, 1.165) is 25.9 Å². The lowest BCUT2D eigenvalue weighted by molar-refractivity contribution is -0.151. The fraction of sp³-hybridized carbons (Fsp3) is 0.458. The smallest absolute Gasteiger partial charge is 0.377 e. The molecule has 1 N–H and O–H groups in total. The van der Waals surface area contributed by atoms with E-state index < -0.39 is 51.4 Å². The Kier molecular flexibility index (Phi) is 7.14. The average Bonchev–Trinajstić information content (AvgIpc) is 3.31. The molecule has 2 aromatic rings. The Morgan fingerprint density at radius 2 is 1.66 bits per heavy atom. The number of nitrogens with one attached hydrogen (secondary N) is 1. The minimum absolute atomic E-state index is 0.00878. The van der Waals surface area contributed by atoms with Crippen molar-refractivity contribution in [3.8, 4) is 0 Å². The van der Waals surface area contributed by atoms with Crippen molar-refractivity contribution in [2.45, 2.75) is 41.7 Å². The van der Waals surface area contributed by atoms with E-state index in [1.807, 2.05) is 0 Å². The van der Waals surface area contributed by atoms with Crippen LogP contribution in [0.25, 0.3) is 0 Å². The third kappa shape index (κ3) is 5.03. The normalized spacial score (nSPS) is 19.3. The van der Waals surface area contributed by atoms with Gasteiger partial charge >= 0.3 is 12.4 Å². The number of thioether (sulfide) groups is 1. The Balaban J connectivity index is 1.80. The van der Waals surface area contributed by atoms with Crippen molar-refractivity contribution >= 4 is 17.7 Å².